The van der Waals surface area contributed by atoms with Crippen LogP contribution in [0.2, 0.25) is 0 Å². The van der Waals surface area contributed by atoms with Gasteiger partial charge in [-0.15, -0.1) is 0 Å². The fourth-order valence-corrected chi connectivity index (χ4v) is 5.49. The Bertz CT molecular complexity index is 1660. The Morgan fingerprint density at radius 1 is 1.02 bits per heavy atom. The Morgan fingerprint density at radius 3 is 2.44 bits per heavy atom. The number of benzene rings is 3. The van der Waals surface area contributed by atoms with Gasteiger partial charge in [-0.05, 0) is 41.8 Å². The average molecular weight is 567 g/mol. The molecule has 1 amide bonds. The quantitative estimate of drug-likeness (QED) is 0.196. The van der Waals surface area contributed by atoms with Gasteiger partial charge in [-0.25, -0.2) is 9.78 Å². The Kier molecular flexibility index (Phi) is 8.07. The zero-order valence-electron chi connectivity index (χ0n) is 22.3. The van der Waals surface area contributed by atoms with Crippen LogP contribution in [0.4, 0.5) is 5.13 Å². The summed E-state index contributed by atoms with van der Waals surface area (Å²) < 4.78 is 10.9. The lowest BCUT2D eigenvalue weighted by Gasteiger charge is -2.24. The number of anilines is 1. The molecule has 1 aromatic heterocycles. The second kappa shape index (κ2) is 12.0. The van der Waals surface area contributed by atoms with Gasteiger partial charge < -0.3 is 14.6 Å². The van der Waals surface area contributed by atoms with Crippen molar-refractivity contribution in [1.29, 1.82) is 0 Å². The molecule has 0 fully saturated rings. The van der Waals surface area contributed by atoms with Gasteiger partial charge in [0.15, 0.2) is 16.7 Å². The van der Waals surface area contributed by atoms with E-state index in [1.165, 1.54) is 18.1 Å². The van der Waals surface area contributed by atoms with E-state index in [1.807, 2.05) is 60.7 Å². The van der Waals surface area contributed by atoms with Gasteiger partial charge in [-0.3, -0.25) is 14.5 Å². The number of carbonyl (C=O) groups excluding carboxylic acids is 3. The predicted molar refractivity (Wildman–Crippen MR) is 156 cm³/mol. The summed E-state index contributed by atoms with van der Waals surface area (Å²) in [6, 6.07) is 24.8. The monoisotopic (exact) mass is 566 g/mol. The molecule has 1 aliphatic rings. The highest BCUT2D eigenvalue weighted by atomic mass is 32.1. The van der Waals surface area contributed by atoms with Gasteiger partial charge in [0.05, 0.1) is 24.4 Å². The van der Waals surface area contributed by atoms with Crippen LogP contribution in [-0.4, -0.2) is 34.9 Å². The first-order valence-corrected chi connectivity index (χ1v) is 13.6. The molecule has 0 radical (unpaired) electrons. The lowest BCUT2D eigenvalue weighted by Crippen LogP contribution is -2.30. The van der Waals surface area contributed by atoms with Crippen molar-refractivity contribution < 1.29 is 29.0 Å². The predicted octanol–water partition coefficient (Wildman–Crippen LogP) is 6.00. The summed E-state index contributed by atoms with van der Waals surface area (Å²) in [4.78, 5) is 45.2. The van der Waals surface area contributed by atoms with Crippen molar-refractivity contribution in [1.82, 2.24) is 4.98 Å². The second-order valence-electron chi connectivity index (χ2n) is 9.20. The third kappa shape index (κ3) is 5.80. The van der Waals surface area contributed by atoms with Crippen molar-refractivity contribution in [2.75, 3.05) is 12.0 Å². The van der Waals surface area contributed by atoms with Crippen molar-refractivity contribution in [2.24, 2.45) is 0 Å². The van der Waals surface area contributed by atoms with Crippen molar-refractivity contribution in [3.05, 3.63) is 130 Å². The number of ether oxygens (including phenoxy) is 2. The molecule has 2 heterocycles. The fraction of sp³-hybridized carbons (Fsp3) is 0.125. The lowest BCUT2D eigenvalue weighted by atomic mass is 9.95. The number of aromatic nitrogens is 1. The Balaban J connectivity index is 1.55. The Labute approximate surface area is 240 Å². The number of hydrogen-bond donors (Lipinski definition) is 1. The molecule has 206 valence electrons. The SMILES string of the molecule is COC(=O)c1sc(N2C(=O)C(O)=C(C(=O)/C=C/c3ccccc3)C2c2cccc(OCc3ccccc3)c2)nc1C. The van der Waals surface area contributed by atoms with Gasteiger partial charge in [0.25, 0.3) is 5.91 Å². The minimum Gasteiger partial charge on any atom is -0.503 e. The molecule has 3 aromatic carbocycles. The zero-order chi connectivity index (χ0) is 28.9. The van der Waals surface area contributed by atoms with E-state index in [0.717, 1.165) is 22.5 Å². The van der Waals surface area contributed by atoms with Crippen LogP contribution in [0.1, 0.15) is 38.1 Å². The molecule has 0 spiro atoms. The van der Waals surface area contributed by atoms with Gasteiger partial charge in [0.2, 0.25) is 0 Å². The molecule has 0 saturated carbocycles. The molecule has 0 aliphatic carbocycles. The van der Waals surface area contributed by atoms with E-state index in [2.05, 4.69) is 4.98 Å². The minimum absolute atomic E-state index is 0.102. The van der Waals surface area contributed by atoms with Gasteiger partial charge in [0, 0.05) is 0 Å². The third-order valence-corrected chi connectivity index (χ3v) is 7.62. The number of nitrogens with zero attached hydrogens (tertiary/aromatic N) is 2. The normalized spacial score (nSPS) is 15.0. The number of aryl methyl sites for hydroxylation is 1. The maximum absolute atomic E-state index is 13.6. The van der Waals surface area contributed by atoms with E-state index in [0.29, 0.717) is 23.6 Å². The van der Waals surface area contributed by atoms with E-state index in [9.17, 15) is 19.5 Å². The number of esters is 1. The molecular formula is C32H26N2O6S. The molecule has 41 heavy (non-hydrogen) atoms. The molecule has 0 saturated heterocycles. The molecule has 1 atom stereocenters. The van der Waals surface area contributed by atoms with Gasteiger partial charge >= 0.3 is 5.97 Å². The van der Waals surface area contributed by atoms with Gasteiger partial charge in [-0.1, -0.05) is 90.2 Å². The molecule has 5 rings (SSSR count). The van der Waals surface area contributed by atoms with Gasteiger partial charge in [0.1, 0.15) is 17.2 Å². The number of amides is 1. The summed E-state index contributed by atoms with van der Waals surface area (Å²) in [6.07, 6.45) is 2.95. The van der Waals surface area contributed by atoms with Crippen molar-refractivity contribution in [2.45, 2.75) is 19.6 Å². The standard InChI is InChI=1S/C32H26N2O6S/c1-20-29(31(38)39-2)41-32(33-20)34-27(23-14-9-15-24(18-23)40-19-22-12-7-4-8-13-22)26(28(36)30(34)37)25(35)17-16-21-10-5-3-6-11-21/h3-18,27,36H,19H2,1-2H3/b17-16+. The summed E-state index contributed by atoms with van der Waals surface area (Å²) in [5.41, 5.74) is 2.55. The van der Waals surface area contributed by atoms with E-state index in [1.54, 1.807) is 37.3 Å². The van der Waals surface area contributed by atoms with Crippen LogP contribution in [-0.2, 0) is 20.9 Å². The fourth-order valence-electron chi connectivity index (χ4n) is 4.48. The minimum atomic E-state index is -1.02. The zero-order valence-corrected chi connectivity index (χ0v) is 23.1. The van der Waals surface area contributed by atoms with Crippen molar-refractivity contribution >= 4 is 40.2 Å². The number of aliphatic hydroxyl groups is 1. The summed E-state index contributed by atoms with van der Waals surface area (Å²) >= 11 is 0.950. The Morgan fingerprint density at radius 2 is 1.73 bits per heavy atom. The molecule has 4 aromatic rings. The van der Waals surface area contributed by atoms with Crippen molar-refractivity contribution in [3.8, 4) is 5.75 Å². The molecule has 9 heteroatoms. The highest BCUT2D eigenvalue weighted by molar-refractivity contribution is 7.17. The summed E-state index contributed by atoms with van der Waals surface area (Å²) in [7, 11) is 1.26. The number of hydrogen-bond acceptors (Lipinski definition) is 8. The van der Waals surface area contributed by atoms with Gasteiger partial charge in [-0.2, -0.15) is 0 Å². The maximum Gasteiger partial charge on any atom is 0.350 e. The summed E-state index contributed by atoms with van der Waals surface area (Å²) in [5, 5.41) is 11.2. The molecule has 8 nitrogen and oxygen atoms in total. The topological polar surface area (TPSA) is 106 Å². The number of rotatable bonds is 9. The first-order chi connectivity index (χ1) is 19.9. The summed E-state index contributed by atoms with van der Waals surface area (Å²) in [6.45, 7) is 1.94. The first kappa shape index (κ1) is 27.5. The van der Waals surface area contributed by atoms with E-state index in [4.69, 9.17) is 9.47 Å². The largest absolute Gasteiger partial charge is 0.503 e. The van der Waals surface area contributed by atoms with E-state index < -0.39 is 29.5 Å². The van der Waals surface area contributed by atoms with Crippen molar-refractivity contribution in [3.63, 3.8) is 0 Å². The number of methoxy groups -OCH3 is 1. The highest BCUT2D eigenvalue weighted by Gasteiger charge is 2.45. The van der Waals surface area contributed by atoms with Crippen LogP contribution in [0, 0.1) is 6.92 Å². The number of ketones is 1. The molecular weight excluding hydrogens is 540 g/mol. The lowest BCUT2D eigenvalue weighted by molar-refractivity contribution is -0.117. The molecule has 1 aliphatic heterocycles. The van der Waals surface area contributed by atoms with Crippen LogP contribution in [0.15, 0.2) is 102 Å². The second-order valence-corrected chi connectivity index (χ2v) is 10.2. The van der Waals surface area contributed by atoms with Crippen LogP contribution >= 0.6 is 11.3 Å². The number of allylic oxidation sites excluding steroid dienone is 1. The maximum atomic E-state index is 13.6. The molecule has 0 bridgehead atoms. The third-order valence-electron chi connectivity index (χ3n) is 6.48. The average Bonchev–Trinajstić information content (AvgIpc) is 3.51. The van der Waals surface area contributed by atoms with E-state index in [-0.39, 0.29) is 15.6 Å². The first-order valence-electron chi connectivity index (χ1n) is 12.7. The number of aliphatic hydroxyl groups excluding tert-OH is 1. The molecule has 1 unspecified atom stereocenters. The van der Waals surface area contributed by atoms with Crippen LogP contribution in [0.3, 0.4) is 0 Å². The highest BCUT2D eigenvalue weighted by Crippen LogP contribution is 2.43. The smallest absolute Gasteiger partial charge is 0.350 e. The van der Waals surface area contributed by atoms with Crippen LogP contribution < -0.4 is 9.64 Å². The number of carbonyl (C=O) groups is 3. The number of thiazole rings is 1. The summed E-state index contributed by atoms with van der Waals surface area (Å²) in [5.74, 6) is -2.09. The Hall–Kier alpha value is -5.02. The van der Waals surface area contributed by atoms with Crippen LogP contribution in [0.25, 0.3) is 6.08 Å². The molecule has 1 N–H and O–H groups in total. The van der Waals surface area contributed by atoms with E-state index >= 15 is 0 Å². The van der Waals surface area contributed by atoms with Crippen LogP contribution in [0.5, 0.6) is 5.75 Å².